The lowest BCUT2D eigenvalue weighted by atomic mass is 9.74. The SMILES string of the molecule is CC(C)CNC1(NCC(C)C)CCC(CC2CCCCC2)CC1. The van der Waals surface area contributed by atoms with E-state index in [2.05, 4.69) is 38.3 Å². The third-order valence-electron chi connectivity index (χ3n) is 6.05. The lowest BCUT2D eigenvalue weighted by Gasteiger charge is -2.43. The van der Waals surface area contributed by atoms with E-state index in [1.54, 1.807) is 0 Å². The van der Waals surface area contributed by atoms with Crippen LogP contribution in [-0.2, 0) is 0 Å². The van der Waals surface area contributed by atoms with E-state index in [1.807, 2.05) is 0 Å². The van der Waals surface area contributed by atoms with Crippen LogP contribution in [0.3, 0.4) is 0 Å². The molecule has 2 N–H and O–H groups in total. The summed E-state index contributed by atoms with van der Waals surface area (Å²) in [5.41, 5.74) is 0.220. The van der Waals surface area contributed by atoms with E-state index in [4.69, 9.17) is 0 Å². The van der Waals surface area contributed by atoms with Gasteiger partial charge in [-0.15, -0.1) is 0 Å². The molecule has 0 aliphatic heterocycles. The largest absolute Gasteiger partial charge is 0.299 e. The van der Waals surface area contributed by atoms with Crippen molar-refractivity contribution in [2.24, 2.45) is 23.7 Å². The van der Waals surface area contributed by atoms with Gasteiger partial charge in [0, 0.05) is 0 Å². The van der Waals surface area contributed by atoms with Crippen molar-refractivity contribution < 1.29 is 0 Å². The summed E-state index contributed by atoms with van der Waals surface area (Å²) in [6.07, 6.45) is 14.5. The predicted molar refractivity (Wildman–Crippen MR) is 102 cm³/mol. The van der Waals surface area contributed by atoms with Crippen molar-refractivity contribution in [3.05, 3.63) is 0 Å². The molecule has 0 atom stereocenters. The highest BCUT2D eigenvalue weighted by molar-refractivity contribution is 4.92. The van der Waals surface area contributed by atoms with Gasteiger partial charge in [0.1, 0.15) is 0 Å². The van der Waals surface area contributed by atoms with Crippen LogP contribution in [0, 0.1) is 23.7 Å². The average molecular weight is 323 g/mol. The van der Waals surface area contributed by atoms with E-state index >= 15 is 0 Å². The second-order valence-corrected chi connectivity index (χ2v) is 9.31. The Morgan fingerprint density at radius 1 is 0.739 bits per heavy atom. The molecular formula is C21H42N2. The van der Waals surface area contributed by atoms with Crippen LogP contribution in [0.4, 0.5) is 0 Å². The normalized spacial score (nSPS) is 23.7. The fourth-order valence-corrected chi connectivity index (χ4v) is 4.52. The molecule has 2 nitrogen and oxygen atoms in total. The first kappa shape index (κ1) is 19.2. The van der Waals surface area contributed by atoms with Crippen LogP contribution in [0.15, 0.2) is 0 Å². The minimum absolute atomic E-state index is 0.220. The zero-order valence-electron chi connectivity index (χ0n) is 16.3. The fraction of sp³-hybridized carbons (Fsp3) is 1.00. The molecule has 0 aromatic heterocycles. The Kier molecular flexibility index (Phi) is 7.88. The summed E-state index contributed by atoms with van der Waals surface area (Å²) in [6.45, 7) is 11.5. The van der Waals surface area contributed by atoms with Crippen molar-refractivity contribution in [1.29, 1.82) is 0 Å². The Morgan fingerprint density at radius 3 is 1.70 bits per heavy atom. The molecule has 2 aliphatic rings. The van der Waals surface area contributed by atoms with Gasteiger partial charge in [-0.2, -0.15) is 0 Å². The molecule has 2 aliphatic carbocycles. The molecule has 0 heterocycles. The minimum Gasteiger partial charge on any atom is -0.299 e. The van der Waals surface area contributed by atoms with Gasteiger partial charge in [0.2, 0.25) is 0 Å². The lowest BCUT2D eigenvalue weighted by molar-refractivity contribution is 0.123. The van der Waals surface area contributed by atoms with Gasteiger partial charge in [0.05, 0.1) is 5.66 Å². The molecule has 0 unspecified atom stereocenters. The third-order valence-corrected chi connectivity index (χ3v) is 6.05. The maximum atomic E-state index is 3.90. The quantitative estimate of drug-likeness (QED) is 0.590. The molecule has 0 bridgehead atoms. The first-order valence-corrected chi connectivity index (χ1v) is 10.5. The maximum Gasteiger partial charge on any atom is 0.0687 e. The molecule has 136 valence electrons. The molecule has 2 heteroatoms. The van der Waals surface area contributed by atoms with E-state index in [-0.39, 0.29) is 5.66 Å². The van der Waals surface area contributed by atoms with Gasteiger partial charge >= 0.3 is 0 Å². The van der Waals surface area contributed by atoms with Gasteiger partial charge in [-0.3, -0.25) is 10.6 Å². The van der Waals surface area contributed by atoms with Crippen LogP contribution in [-0.4, -0.2) is 18.8 Å². The van der Waals surface area contributed by atoms with Crippen molar-refractivity contribution in [2.45, 2.75) is 97.6 Å². The number of hydrogen-bond acceptors (Lipinski definition) is 2. The van der Waals surface area contributed by atoms with Gasteiger partial charge in [-0.1, -0.05) is 59.8 Å². The Bertz CT molecular complexity index is 296. The highest BCUT2D eigenvalue weighted by Crippen LogP contribution is 2.37. The van der Waals surface area contributed by atoms with Crippen molar-refractivity contribution >= 4 is 0 Å². The molecular weight excluding hydrogens is 280 g/mol. The van der Waals surface area contributed by atoms with E-state index in [0.29, 0.717) is 0 Å². The number of rotatable bonds is 8. The summed E-state index contributed by atoms with van der Waals surface area (Å²) >= 11 is 0. The molecule has 0 saturated heterocycles. The third kappa shape index (κ3) is 6.74. The Morgan fingerprint density at radius 2 is 1.22 bits per heavy atom. The summed E-state index contributed by atoms with van der Waals surface area (Å²) in [6, 6.07) is 0. The van der Waals surface area contributed by atoms with E-state index in [0.717, 1.165) is 36.8 Å². The summed E-state index contributed by atoms with van der Waals surface area (Å²) in [4.78, 5) is 0. The first-order chi connectivity index (χ1) is 11.0. The van der Waals surface area contributed by atoms with Crippen LogP contribution < -0.4 is 10.6 Å². The topological polar surface area (TPSA) is 24.1 Å². The molecule has 2 saturated carbocycles. The summed E-state index contributed by atoms with van der Waals surface area (Å²) in [5, 5.41) is 7.81. The molecule has 0 radical (unpaired) electrons. The Hall–Kier alpha value is -0.0800. The van der Waals surface area contributed by atoms with E-state index in [1.165, 1.54) is 64.2 Å². The van der Waals surface area contributed by atoms with Gasteiger partial charge in [-0.25, -0.2) is 0 Å². The smallest absolute Gasteiger partial charge is 0.0687 e. The predicted octanol–water partition coefficient (Wildman–Crippen LogP) is 5.33. The minimum atomic E-state index is 0.220. The van der Waals surface area contributed by atoms with Crippen LogP contribution in [0.5, 0.6) is 0 Å². The van der Waals surface area contributed by atoms with Crippen LogP contribution >= 0.6 is 0 Å². The standard InChI is InChI=1S/C21H42N2/c1-17(2)15-22-21(23-16-18(3)4)12-10-20(11-13-21)14-19-8-6-5-7-9-19/h17-20,22-23H,5-16H2,1-4H3. The summed E-state index contributed by atoms with van der Waals surface area (Å²) in [5.74, 6) is 3.50. The van der Waals surface area contributed by atoms with Crippen LogP contribution in [0.2, 0.25) is 0 Å². The molecule has 0 spiro atoms. The average Bonchev–Trinajstić information content (AvgIpc) is 2.54. The second-order valence-electron chi connectivity index (χ2n) is 9.31. The molecule has 0 aromatic carbocycles. The first-order valence-electron chi connectivity index (χ1n) is 10.5. The van der Waals surface area contributed by atoms with Crippen molar-refractivity contribution in [2.75, 3.05) is 13.1 Å². The van der Waals surface area contributed by atoms with E-state index in [9.17, 15) is 0 Å². The summed E-state index contributed by atoms with van der Waals surface area (Å²) in [7, 11) is 0. The zero-order chi connectivity index (χ0) is 16.7. The highest BCUT2D eigenvalue weighted by atomic mass is 15.2. The molecule has 23 heavy (non-hydrogen) atoms. The maximum absolute atomic E-state index is 3.90. The van der Waals surface area contributed by atoms with Crippen molar-refractivity contribution in [3.63, 3.8) is 0 Å². The van der Waals surface area contributed by atoms with Crippen LogP contribution in [0.1, 0.15) is 91.9 Å². The lowest BCUT2D eigenvalue weighted by Crippen LogP contribution is -2.60. The summed E-state index contributed by atoms with van der Waals surface area (Å²) < 4.78 is 0. The zero-order valence-corrected chi connectivity index (χ0v) is 16.3. The second kappa shape index (κ2) is 9.42. The molecule has 0 amide bonds. The Labute approximate surface area is 145 Å². The molecule has 2 rings (SSSR count). The van der Waals surface area contributed by atoms with Gasteiger partial charge in [0.15, 0.2) is 0 Å². The highest BCUT2D eigenvalue weighted by Gasteiger charge is 2.35. The van der Waals surface area contributed by atoms with Gasteiger partial charge in [0.25, 0.3) is 0 Å². The molecule has 0 aromatic rings. The fourth-order valence-electron chi connectivity index (χ4n) is 4.52. The van der Waals surface area contributed by atoms with Crippen LogP contribution in [0.25, 0.3) is 0 Å². The van der Waals surface area contributed by atoms with Crippen molar-refractivity contribution in [3.8, 4) is 0 Å². The Balaban J connectivity index is 1.81. The monoisotopic (exact) mass is 322 g/mol. The number of nitrogens with one attached hydrogen (secondary N) is 2. The number of hydrogen-bond donors (Lipinski definition) is 2. The van der Waals surface area contributed by atoms with Gasteiger partial charge < -0.3 is 0 Å². The molecule has 2 fully saturated rings. The van der Waals surface area contributed by atoms with Gasteiger partial charge in [-0.05, 0) is 68.9 Å². The van der Waals surface area contributed by atoms with E-state index < -0.39 is 0 Å². The van der Waals surface area contributed by atoms with Crippen molar-refractivity contribution in [1.82, 2.24) is 10.6 Å².